The highest BCUT2D eigenvalue weighted by Crippen LogP contribution is 2.37. The molecule has 0 bridgehead atoms. The number of benzene rings is 2. The topological polar surface area (TPSA) is 88.1 Å². The molecule has 4 rings (SSSR count). The second-order valence-electron chi connectivity index (χ2n) is 7.51. The van der Waals surface area contributed by atoms with Gasteiger partial charge < -0.3 is 15.0 Å². The Balaban J connectivity index is 1.58. The van der Waals surface area contributed by atoms with Crippen molar-refractivity contribution in [3.8, 4) is 5.75 Å². The molecular formula is C21H22FN3O4S2. The molecule has 0 unspecified atom stereocenters. The monoisotopic (exact) mass is 463 g/mol. The maximum absolute atomic E-state index is 13.8. The molecule has 2 atom stereocenters. The van der Waals surface area contributed by atoms with Gasteiger partial charge in [0.05, 0.1) is 24.7 Å². The zero-order chi connectivity index (χ0) is 22.2. The minimum absolute atomic E-state index is 0.0228. The molecule has 0 aromatic heterocycles. The van der Waals surface area contributed by atoms with Gasteiger partial charge in [0.2, 0.25) is 5.91 Å². The van der Waals surface area contributed by atoms with Crippen LogP contribution in [0, 0.1) is 12.7 Å². The fourth-order valence-electron chi connectivity index (χ4n) is 3.53. The molecule has 0 spiro atoms. The van der Waals surface area contributed by atoms with Gasteiger partial charge in [0.15, 0.2) is 15.0 Å². The van der Waals surface area contributed by atoms with E-state index in [0.29, 0.717) is 27.9 Å². The quantitative estimate of drug-likeness (QED) is 0.734. The number of sulfone groups is 1. The van der Waals surface area contributed by atoms with Gasteiger partial charge in [-0.05, 0) is 36.8 Å². The molecule has 7 nitrogen and oxygen atoms in total. The van der Waals surface area contributed by atoms with Crippen LogP contribution in [0.1, 0.15) is 5.56 Å². The number of ether oxygens (including phenoxy) is 1. The van der Waals surface area contributed by atoms with E-state index < -0.39 is 15.7 Å². The van der Waals surface area contributed by atoms with Crippen molar-refractivity contribution in [1.82, 2.24) is 0 Å². The zero-order valence-corrected chi connectivity index (χ0v) is 18.7. The molecule has 0 saturated carbocycles. The number of methoxy groups -OCH3 is 1. The number of thioether (sulfide) groups is 1. The summed E-state index contributed by atoms with van der Waals surface area (Å²) in [5.74, 6) is -0.0217. The summed E-state index contributed by atoms with van der Waals surface area (Å²) in [6, 6.07) is 11.4. The lowest BCUT2D eigenvalue weighted by atomic mass is 10.2. The molecule has 1 amide bonds. The van der Waals surface area contributed by atoms with E-state index in [0.717, 1.165) is 0 Å². The molecule has 10 heteroatoms. The first-order valence-corrected chi connectivity index (χ1v) is 12.4. The van der Waals surface area contributed by atoms with E-state index in [-0.39, 0.29) is 35.2 Å². The van der Waals surface area contributed by atoms with Crippen LogP contribution in [0.3, 0.4) is 0 Å². The van der Waals surface area contributed by atoms with Gasteiger partial charge >= 0.3 is 0 Å². The van der Waals surface area contributed by atoms with Gasteiger partial charge in [-0.25, -0.2) is 12.8 Å². The molecule has 0 radical (unpaired) electrons. The van der Waals surface area contributed by atoms with Crippen LogP contribution in [0.25, 0.3) is 0 Å². The Morgan fingerprint density at radius 2 is 2.10 bits per heavy atom. The molecule has 2 heterocycles. The Labute approximate surface area is 184 Å². The third-order valence-electron chi connectivity index (χ3n) is 5.16. The van der Waals surface area contributed by atoms with Crippen molar-refractivity contribution in [2.24, 2.45) is 4.99 Å². The van der Waals surface area contributed by atoms with E-state index in [1.807, 2.05) is 6.07 Å². The summed E-state index contributed by atoms with van der Waals surface area (Å²) >= 11 is 1.37. The first kappa shape index (κ1) is 21.6. The lowest BCUT2D eigenvalue weighted by Gasteiger charge is -2.24. The first-order valence-electron chi connectivity index (χ1n) is 9.66. The number of hydrogen-bond acceptors (Lipinski definition) is 7. The molecule has 1 fully saturated rings. The van der Waals surface area contributed by atoms with Crippen molar-refractivity contribution in [2.75, 3.05) is 35.4 Å². The summed E-state index contributed by atoms with van der Waals surface area (Å²) in [5.41, 5.74) is 1.55. The van der Waals surface area contributed by atoms with E-state index >= 15 is 0 Å². The number of aliphatic imine (C=N–C) groups is 1. The SMILES string of the molecule is COc1cccc(N(CC(=O)Nc2ccc(C)c(F)c2)C2=N[C@@H]3CS(=O)(=O)C[C@H]3S2)c1. The van der Waals surface area contributed by atoms with E-state index in [1.165, 1.54) is 17.8 Å². The van der Waals surface area contributed by atoms with Crippen LogP contribution in [0.5, 0.6) is 5.75 Å². The van der Waals surface area contributed by atoms with Crippen LogP contribution in [-0.4, -0.2) is 55.9 Å². The Hall–Kier alpha value is -2.59. The van der Waals surface area contributed by atoms with Crippen LogP contribution in [0.4, 0.5) is 15.8 Å². The zero-order valence-electron chi connectivity index (χ0n) is 17.0. The number of halogens is 1. The molecule has 164 valence electrons. The Kier molecular flexibility index (Phi) is 5.94. The predicted molar refractivity (Wildman–Crippen MR) is 121 cm³/mol. The fraction of sp³-hybridized carbons (Fsp3) is 0.333. The second-order valence-corrected chi connectivity index (χ2v) is 10.9. The number of amidine groups is 1. The van der Waals surface area contributed by atoms with Gasteiger partial charge in [-0.15, -0.1) is 0 Å². The molecule has 2 aromatic rings. The second kappa shape index (κ2) is 8.51. The van der Waals surface area contributed by atoms with E-state index in [1.54, 1.807) is 49.3 Å². The number of nitrogens with one attached hydrogen (secondary N) is 1. The van der Waals surface area contributed by atoms with Gasteiger partial charge in [-0.3, -0.25) is 9.79 Å². The van der Waals surface area contributed by atoms with Crippen LogP contribution in [0.2, 0.25) is 0 Å². The molecule has 1 saturated heterocycles. The van der Waals surface area contributed by atoms with Crippen molar-refractivity contribution >= 4 is 44.0 Å². The number of rotatable bonds is 5. The van der Waals surface area contributed by atoms with E-state index in [4.69, 9.17) is 4.74 Å². The minimum Gasteiger partial charge on any atom is -0.497 e. The third-order valence-corrected chi connectivity index (χ3v) is 8.41. The average Bonchev–Trinajstić information content (AvgIpc) is 3.22. The average molecular weight is 464 g/mol. The molecule has 2 aliphatic rings. The molecule has 0 aliphatic carbocycles. The summed E-state index contributed by atoms with van der Waals surface area (Å²) in [4.78, 5) is 19.1. The van der Waals surface area contributed by atoms with Crippen molar-refractivity contribution in [1.29, 1.82) is 0 Å². The largest absolute Gasteiger partial charge is 0.497 e. The maximum atomic E-state index is 13.8. The summed E-state index contributed by atoms with van der Waals surface area (Å²) < 4.78 is 42.9. The number of amides is 1. The maximum Gasteiger partial charge on any atom is 0.244 e. The van der Waals surface area contributed by atoms with Crippen LogP contribution < -0.4 is 15.0 Å². The molecular weight excluding hydrogens is 441 g/mol. The van der Waals surface area contributed by atoms with Gasteiger partial charge in [-0.1, -0.05) is 23.9 Å². The van der Waals surface area contributed by atoms with E-state index in [2.05, 4.69) is 10.3 Å². The summed E-state index contributed by atoms with van der Waals surface area (Å²) in [6.45, 7) is 1.58. The molecule has 1 N–H and O–H groups in total. The summed E-state index contributed by atoms with van der Waals surface area (Å²) in [5, 5.41) is 3.15. The number of anilines is 2. The molecule has 2 aromatic carbocycles. The normalized spacial score (nSPS) is 21.3. The predicted octanol–water partition coefficient (Wildman–Crippen LogP) is 2.86. The summed E-state index contributed by atoms with van der Waals surface area (Å²) in [6.07, 6.45) is 0. The number of hydrogen-bond donors (Lipinski definition) is 1. The number of carbonyl (C=O) groups excluding carboxylic acids is 1. The minimum atomic E-state index is -3.08. The lowest BCUT2D eigenvalue weighted by molar-refractivity contribution is -0.114. The van der Waals surface area contributed by atoms with E-state index in [9.17, 15) is 17.6 Å². The lowest BCUT2D eigenvalue weighted by Crippen LogP contribution is -2.36. The molecule has 2 aliphatic heterocycles. The van der Waals surface area contributed by atoms with Crippen molar-refractivity contribution < 1.29 is 22.3 Å². The van der Waals surface area contributed by atoms with Gasteiger partial charge in [0.25, 0.3) is 0 Å². The number of fused-ring (bicyclic) bond motifs is 1. The number of aryl methyl sites for hydroxylation is 1. The Morgan fingerprint density at radius 3 is 2.81 bits per heavy atom. The van der Waals surface area contributed by atoms with Gasteiger partial charge in [0.1, 0.15) is 18.1 Å². The van der Waals surface area contributed by atoms with Crippen molar-refractivity contribution in [3.63, 3.8) is 0 Å². The smallest absolute Gasteiger partial charge is 0.244 e. The standard InChI is InChI=1S/C21H22FN3O4S2/c1-13-6-7-14(8-17(13)22)23-20(26)10-25(15-4-3-5-16(9-15)29-2)21-24-18-11-31(27,28)12-19(18)30-21/h3-9,18-19H,10-12H2,1-2H3,(H,23,26)/t18-,19-/m1/s1. The Bertz CT molecular complexity index is 1150. The number of nitrogens with zero attached hydrogens (tertiary/aromatic N) is 2. The number of carbonyl (C=O) groups is 1. The van der Waals surface area contributed by atoms with Gasteiger partial charge in [0, 0.05) is 22.7 Å². The Morgan fingerprint density at radius 1 is 1.29 bits per heavy atom. The third kappa shape index (κ3) is 4.85. The molecule has 31 heavy (non-hydrogen) atoms. The van der Waals surface area contributed by atoms with Crippen LogP contribution >= 0.6 is 11.8 Å². The highest BCUT2D eigenvalue weighted by atomic mass is 32.2. The van der Waals surface area contributed by atoms with Crippen LogP contribution in [-0.2, 0) is 14.6 Å². The van der Waals surface area contributed by atoms with Gasteiger partial charge in [-0.2, -0.15) is 0 Å². The fourth-order valence-corrected chi connectivity index (χ4v) is 7.31. The van der Waals surface area contributed by atoms with Crippen LogP contribution in [0.15, 0.2) is 47.5 Å². The first-order chi connectivity index (χ1) is 14.7. The summed E-state index contributed by atoms with van der Waals surface area (Å²) in [7, 11) is -1.53. The van der Waals surface area contributed by atoms with Crippen molar-refractivity contribution in [3.05, 3.63) is 53.8 Å². The highest BCUT2D eigenvalue weighted by molar-refractivity contribution is 8.15. The highest BCUT2D eigenvalue weighted by Gasteiger charge is 2.44. The van der Waals surface area contributed by atoms with Crippen molar-refractivity contribution in [2.45, 2.75) is 18.2 Å².